The molecule has 4 rings (SSSR count). The van der Waals surface area contributed by atoms with E-state index in [1.54, 1.807) is 7.11 Å². The molecule has 1 aliphatic carbocycles. The number of ether oxygens (including phenoxy) is 1. The predicted octanol–water partition coefficient (Wildman–Crippen LogP) is 5.28. The Labute approximate surface area is 139 Å². The Morgan fingerprint density at radius 2 is 2.00 bits per heavy atom. The molecule has 0 unspecified atom stereocenters. The summed E-state index contributed by atoms with van der Waals surface area (Å²) in [5.74, 6) is 1.95. The van der Waals surface area contributed by atoms with Crippen LogP contribution < -0.4 is 10.1 Å². The molecule has 0 saturated carbocycles. The molecule has 1 heterocycles. The second kappa shape index (κ2) is 5.47. The maximum Gasteiger partial charge on any atom is 0.119 e. The van der Waals surface area contributed by atoms with E-state index in [-0.39, 0.29) is 0 Å². The molecule has 2 aliphatic rings. The second-order valence-electron chi connectivity index (χ2n) is 5.95. The summed E-state index contributed by atoms with van der Waals surface area (Å²) in [6, 6.07) is 15.2. The Balaban J connectivity index is 1.80. The van der Waals surface area contributed by atoms with Gasteiger partial charge in [-0.05, 0) is 47.7 Å². The third kappa shape index (κ3) is 2.15. The maximum atomic E-state index is 5.40. The largest absolute Gasteiger partial charge is 0.497 e. The zero-order valence-electron chi connectivity index (χ0n) is 12.4. The van der Waals surface area contributed by atoms with E-state index in [9.17, 15) is 0 Å². The molecular formula is C19H18BrNO. The highest BCUT2D eigenvalue weighted by Crippen LogP contribution is 2.51. The van der Waals surface area contributed by atoms with Crippen LogP contribution in [0.15, 0.2) is 59.1 Å². The number of allylic oxidation sites excluding steroid dienone is 2. The molecule has 0 radical (unpaired) electrons. The monoisotopic (exact) mass is 355 g/mol. The van der Waals surface area contributed by atoms with Gasteiger partial charge in [-0.1, -0.05) is 46.3 Å². The molecule has 3 heteroatoms. The zero-order valence-corrected chi connectivity index (χ0v) is 14.0. The third-order valence-electron chi connectivity index (χ3n) is 4.81. The van der Waals surface area contributed by atoms with Gasteiger partial charge in [0.25, 0.3) is 0 Å². The lowest BCUT2D eigenvalue weighted by Gasteiger charge is -2.38. The minimum absolute atomic E-state index is 0.330. The van der Waals surface area contributed by atoms with Crippen LogP contribution in [-0.2, 0) is 0 Å². The van der Waals surface area contributed by atoms with Gasteiger partial charge in [-0.2, -0.15) is 0 Å². The van der Waals surface area contributed by atoms with Gasteiger partial charge in [0.1, 0.15) is 5.75 Å². The molecule has 112 valence electrons. The number of anilines is 1. The van der Waals surface area contributed by atoms with E-state index in [0.29, 0.717) is 17.9 Å². The highest BCUT2D eigenvalue weighted by Gasteiger charge is 2.38. The first-order valence-corrected chi connectivity index (χ1v) is 8.43. The fourth-order valence-corrected chi connectivity index (χ4v) is 4.27. The van der Waals surface area contributed by atoms with Crippen molar-refractivity contribution in [3.63, 3.8) is 0 Å². The summed E-state index contributed by atoms with van der Waals surface area (Å²) < 4.78 is 6.58. The van der Waals surface area contributed by atoms with Crippen molar-refractivity contribution in [3.8, 4) is 5.75 Å². The Morgan fingerprint density at radius 3 is 2.82 bits per heavy atom. The first-order valence-electron chi connectivity index (χ1n) is 7.63. The summed E-state index contributed by atoms with van der Waals surface area (Å²) in [4.78, 5) is 0. The average Bonchev–Trinajstić information content (AvgIpc) is 3.04. The smallest absolute Gasteiger partial charge is 0.119 e. The summed E-state index contributed by atoms with van der Waals surface area (Å²) in [6.45, 7) is 0. The number of halogens is 1. The van der Waals surface area contributed by atoms with Crippen LogP contribution in [0.5, 0.6) is 5.75 Å². The normalized spacial score (nSPS) is 25.3. The number of nitrogens with one attached hydrogen (secondary N) is 1. The number of hydrogen-bond acceptors (Lipinski definition) is 2. The van der Waals surface area contributed by atoms with Crippen LogP contribution >= 0.6 is 15.9 Å². The van der Waals surface area contributed by atoms with Crippen molar-refractivity contribution in [2.45, 2.75) is 18.4 Å². The molecule has 0 bridgehead atoms. The van der Waals surface area contributed by atoms with Crippen molar-refractivity contribution in [2.24, 2.45) is 5.92 Å². The molecule has 1 aliphatic heterocycles. The van der Waals surface area contributed by atoms with Gasteiger partial charge in [0.15, 0.2) is 0 Å². The highest BCUT2D eigenvalue weighted by molar-refractivity contribution is 9.10. The van der Waals surface area contributed by atoms with E-state index in [1.807, 2.05) is 6.07 Å². The lowest BCUT2D eigenvalue weighted by Crippen LogP contribution is -2.29. The Bertz CT molecular complexity index is 740. The molecule has 22 heavy (non-hydrogen) atoms. The quantitative estimate of drug-likeness (QED) is 0.739. The number of rotatable bonds is 2. The minimum atomic E-state index is 0.330. The summed E-state index contributed by atoms with van der Waals surface area (Å²) in [7, 11) is 1.73. The van der Waals surface area contributed by atoms with Gasteiger partial charge in [0, 0.05) is 16.1 Å². The van der Waals surface area contributed by atoms with Gasteiger partial charge in [-0.25, -0.2) is 0 Å². The molecule has 0 aromatic heterocycles. The lowest BCUT2D eigenvalue weighted by atomic mass is 9.77. The molecular weight excluding hydrogens is 338 g/mol. The minimum Gasteiger partial charge on any atom is -0.497 e. The third-order valence-corrected chi connectivity index (χ3v) is 5.53. The summed E-state index contributed by atoms with van der Waals surface area (Å²) in [5.41, 5.74) is 3.90. The zero-order chi connectivity index (χ0) is 15.1. The van der Waals surface area contributed by atoms with E-state index in [2.05, 4.69) is 69.8 Å². The molecule has 3 atom stereocenters. The Kier molecular flexibility index (Phi) is 3.45. The fraction of sp³-hybridized carbons (Fsp3) is 0.263. The Morgan fingerprint density at radius 1 is 1.14 bits per heavy atom. The molecule has 0 amide bonds. The van der Waals surface area contributed by atoms with Gasteiger partial charge in [-0.15, -0.1) is 0 Å². The van der Waals surface area contributed by atoms with E-state index in [4.69, 9.17) is 4.74 Å². The molecule has 2 aromatic carbocycles. The number of fused-ring (bicyclic) bond motifs is 3. The molecule has 0 spiro atoms. The lowest BCUT2D eigenvalue weighted by molar-refractivity contribution is 0.405. The highest BCUT2D eigenvalue weighted by atomic mass is 79.9. The van der Waals surface area contributed by atoms with Gasteiger partial charge >= 0.3 is 0 Å². The van der Waals surface area contributed by atoms with Gasteiger partial charge in [0.2, 0.25) is 0 Å². The molecule has 2 aromatic rings. The number of hydrogen-bond donors (Lipinski definition) is 1. The molecule has 0 saturated heterocycles. The van der Waals surface area contributed by atoms with Crippen LogP contribution in [0.1, 0.15) is 29.5 Å². The summed E-state index contributed by atoms with van der Waals surface area (Å²) >= 11 is 3.71. The van der Waals surface area contributed by atoms with Crippen LogP contribution in [0.3, 0.4) is 0 Å². The van der Waals surface area contributed by atoms with Gasteiger partial charge in [0.05, 0.1) is 13.2 Å². The van der Waals surface area contributed by atoms with Crippen LogP contribution in [0, 0.1) is 5.92 Å². The van der Waals surface area contributed by atoms with Crippen LogP contribution in [0.4, 0.5) is 5.69 Å². The van der Waals surface area contributed by atoms with Crippen molar-refractivity contribution < 1.29 is 4.74 Å². The molecule has 1 N–H and O–H groups in total. The fourth-order valence-electron chi connectivity index (χ4n) is 3.73. The van der Waals surface area contributed by atoms with Crippen molar-refractivity contribution in [1.29, 1.82) is 0 Å². The average molecular weight is 356 g/mol. The van der Waals surface area contributed by atoms with E-state index >= 15 is 0 Å². The van der Waals surface area contributed by atoms with Crippen molar-refractivity contribution in [3.05, 3.63) is 70.2 Å². The number of methoxy groups -OCH3 is 1. The summed E-state index contributed by atoms with van der Waals surface area (Å²) in [6.07, 6.45) is 5.78. The predicted molar refractivity (Wildman–Crippen MR) is 93.5 cm³/mol. The maximum absolute atomic E-state index is 5.40. The van der Waals surface area contributed by atoms with Gasteiger partial charge in [-0.3, -0.25) is 0 Å². The summed E-state index contributed by atoms with van der Waals surface area (Å²) in [5, 5.41) is 3.75. The Hall–Kier alpha value is -1.74. The number of benzene rings is 2. The van der Waals surface area contributed by atoms with Crippen LogP contribution in [0.25, 0.3) is 0 Å². The van der Waals surface area contributed by atoms with Crippen molar-refractivity contribution >= 4 is 21.6 Å². The molecule has 2 nitrogen and oxygen atoms in total. The van der Waals surface area contributed by atoms with E-state index in [0.717, 1.165) is 12.2 Å². The standard InChI is InChI=1S/C19H18BrNO/c1-22-12-9-10-18-16(11-12)13-6-4-7-14(13)19(21-18)15-5-2-3-8-17(15)20/h2-6,8-11,13-14,19,21H,7H2,1H3/t13-,14+,19+/m1/s1. The topological polar surface area (TPSA) is 21.3 Å². The van der Waals surface area contributed by atoms with Crippen molar-refractivity contribution in [1.82, 2.24) is 0 Å². The second-order valence-corrected chi connectivity index (χ2v) is 6.80. The van der Waals surface area contributed by atoms with E-state index in [1.165, 1.54) is 21.3 Å². The van der Waals surface area contributed by atoms with Crippen LogP contribution in [-0.4, -0.2) is 7.11 Å². The van der Waals surface area contributed by atoms with Crippen LogP contribution in [0.2, 0.25) is 0 Å². The first-order chi connectivity index (χ1) is 10.8. The van der Waals surface area contributed by atoms with Crippen molar-refractivity contribution in [2.75, 3.05) is 12.4 Å². The first kappa shape index (κ1) is 13.9. The van der Waals surface area contributed by atoms with Gasteiger partial charge < -0.3 is 10.1 Å². The molecule has 0 fully saturated rings. The SMILES string of the molecule is COc1ccc2c(c1)[C@@H]1C=CC[C@@H]1[C@@H](c1ccccc1Br)N2. The van der Waals surface area contributed by atoms with E-state index < -0.39 is 0 Å².